The number of nitrogens with one attached hydrogen (secondary N) is 2. The number of aromatic nitrogens is 4. The standard InChI is InChI=1S/C17H19N5O2S/c1-17(2,3)20-13(23)10-25-16-19-14-12(9-18-21-14)15(24)22(16)11-7-5-4-6-8-11/h4-9H,10H2,1-3H3,(H,18,21)(H,20,23). The normalized spacial score (nSPS) is 11.6. The minimum Gasteiger partial charge on any atom is -0.351 e. The topological polar surface area (TPSA) is 92.7 Å². The van der Waals surface area contributed by atoms with E-state index in [0.29, 0.717) is 21.9 Å². The Balaban J connectivity index is 1.99. The van der Waals surface area contributed by atoms with Crippen LogP contribution in [0.5, 0.6) is 0 Å². The van der Waals surface area contributed by atoms with Gasteiger partial charge in [0.15, 0.2) is 10.8 Å². The first kappa shape index (κ1) is 17.2. The molecule has 0 aliphatic rings. The summed E-state index contributed by atoms with van der Waals surface area (Å²) in [6.45, 7) is 5.76. The van der Waals surface area contributed by atoms with Crippen molar-refractivity contribution in [1.29, 1.82) is 0 Å². The fourth-order valence-corrected chi connectivity index (χ4v) is 3.17. The Kier molecular flexibility index (Phi) is 4.63. The van der Waals surface area contributed by atoms with Gasteiger partial charge < -0.3 is 5.32 Å². The van der Waals surface area contributed by atoms with E-state index in [1.165, 1.54) is 22.5 Å². The first-order valence-corrected chi connectivity index (χ1v) is 8.79. The number of hydrogen-bond donors (Lipinski definition) is 2. The van der Waals surface area contributed by atoms with Crippen LogP contribution in [-0.4, -0.2) is 36.9 Å². The maximum absolute atomic E-state index is 12.8. The number of fused-ring (bicyclic) bond motifs is 1. The molecule has 0 radical (unpaired) electrons. The van der Waals surface area contributed by atoms with Crippen molar-refractivity contribution in [3.63, 3.8) is 0 Å². The number of para-hydroxylation sites is 1. The molecule has 2 N–H and O–H groups in total. The molecule has 2 aromatic heterocycles. The van der Waals surface area contributed by atoms with Crippen LogP contribution in [0.2, 0.25) is 0 Å². The highest BCUT2D eigenvalue weighted by Crippen LogP contribution is 2.20. The summed E-state index contributed by atoms with van der Waals surface area (Å²) in [6, 6.07) is 9.23. The van der Waals surface area contributed by atoms with E-state index < -0.39 is 0 Å². The Hall–Kier alpha value is -2.61. The molecule has 1 amide bonds. The lowest BCUT2D eigenvalue weighted by Gasteiger charge is -2.20. The molecule has 0 saturated heterocycles. The van der Waals surface area contributed by atoms with E-state index in [1.54, 1.807) is 0 Å². The van der Waals surface area contributed by atoms with E-state index in [4.69, 9.17) is 0 Å². The van der Waals surface area contributed by atoms with Crippen LogP contribution < -0.4 is 10.9 Å². The summed E-state index contributed by atoms with van der Waals surface area (Å²) in [7, 11) is 0. The predicted molar refractivity (Wildman–Crippen MR) is 98.1 cm³/mol. The molecule has 0 atom stereocenters. The third-order valence-corrected chi connectivity index (χ3v) is 4.25. The fourth-order valence-electron chi connectivity index (χ4n) is 2.36. The Bertz CT molecular complexity index is 957. The number of hydrogen-bond acceptors (Lipinski definition) is 5. The number of nitrogens with zero attached hydrogens (tertiary/aromatic N) is 3. The van der Waals surface area contributed by atoms with Gasteiger partial charge in [-0.2, -0.15) is 5.10 Å². The van der Waals surface area contributed by atoms with Crippen molar-refractivity contribution in [3.05, 3.63) is 46.9 Å². The lowest BCUT2D eigenvalue weighted by atomic mass is 10.1. The van der Waals surface area contributed by atoms with Gasteiger partial charge in [0.05, 0.1) is 17.6 Å². The summed E-state index contributed by atoms with van der Waals surface area (Å²) in [5.74, 6) is 0.0481. The molecule has 3 rings (SSSR count). The number of amides is 1. The average Bonchev–Trinajstić information content (AvgIpc) is 3.01. The van der Waals surface area contributed by atoms with Crippen molar-refractivity contribution in [2.24, 2.45) is 0 Å². The molecule has 3 aromatic rings. The summed E-state index contributed by atoms with van der Waals surface area (Å²) in [6.07, 6.45) is 1.46. The molecule has 0 saturated carbocycles. The summed E-state index contributed by atoms with van der Waals surface area (Å²) in [5, 5.41) is 10.4. The minimum absolute atomic E-state index is 0.115. The fraction of sp³-hybridized carbons (Fsp3) is 0.294. The lowest BCUT2D eigenvalue weighted by molar-refractivity contribution is -0.119. The van der Waals surface area contributed by atoms with E-state index >= 15 is 0 Å². The van der Waals surface area contributed by atoms with Gasteiger partial charge in [-0.15, -0.1) is 0 Å². The summed E-state index contributed by atoms with van der Waals surface area (Å²) < 4.78 is 1.51. The molecular formula is C17H19N5O2S. The predicted octanol–water partition coefficient (Wildman–Crippen LogP) is 2.12. The SMILES string of the molecule is CC(C)(C)NC(=O)CSc1nc2[nH]ncc2c(=O)n1-c1ccccc1. The van der Waals surface area contributed by atoms with Crippen LogP contribution in [0, 0.1) is 0 Å². The number of aromatic amines is 1. The molecule has 0 aliphatic heterocycles. The zero-order valence-electron chi connectivity index (χ0n) is 14.2. The minimum atomic E-state index is -0.308. The molecule has 0 fully saturated rings. The molecule has 2 heterocycles. The molecule has 0 aliphatic carbocycles. The van der Waals surface area contributed by atoms with Crippen molar-refractivity contribution in [2.45, 2.75) is 31.5 Å². The number of carbonyl (C=O) groups is 1. The zero-order valence-corrected chi connectivity index (χ0v) is 15.1. The largest absolute Gasteiger partial charge is 0.351 e. The van der Waals surface area contributed by atoms with Gasteiger partial charge in [-0.25, -0.2) is 4.98 Å². The van der Waals surface area contributed by atoms with Gasteiger partial charge in [0.1, 0.15) is 5.39 Å². The highest BCUT2D eigenvalue weighted by Gasteiger charge is 2.18. The van der Waals surface area contributed by atoms with Gasteiger partial charge in [-0.05, 0) is 32.9 Å². The van der Waals surface area contributed by atoms with Crippen LogP contribution >= 0.6 is 11.8 Å². The second-order valence-corrected chi connectivity index (χ2v) is 7.53. The quantitative estimate of drug-likeness (QED) is 0.551. The molecule has 25 heavy (non-hydrogen) atoms. The van der Waals surface area contributed by atoms with Crippen molar-refractivity contribution >= 4 is 28.7 Å². The van der Waals surface area contributed by atoms with Gasteiger partial charge in [0.2, 0.25) is 5.91 Å². The number of rotatable bonds is 4. The smallest absolute Gasteiger partial charge is 0.269 e. The van der Waals surface area contributed by atoms with Crippen molar-refractivity contribution < 1.29 is 4.79 Å². The maximum atomic E-state index is 12.8. The van der Waals surface area contributed by atoms with Crippen LogP contribution in [0.1, 0.15) is 20.8 Å². The van der Waals surface area contributed by atoms with E-state index in [9.17, 15) is 9.59 Å². The summed E-state index contributed by atoms with van der Waals surface area (Å²) in [4.78, 5) is 29.4. The first-order valence-electron chi connectivity index (χ1n) is 7.80. The van der Waals surface area contributed by atoms with Gasteiger partial charge >= 0.3 is 0 Å². The number of carbonyl (C=O) groups excluding carboxylic acids is 1. The second-order valence-electron chi connectivity index (χ2n) is 6.59. The molecule has 0 spiro atoms. The Morgan fingerprint density at radius 1 is 1.28 bits per heavy atom. The molecule has 1 aromatic carbocycles. The van der Waals surface area contributed by atoms with Gasteiger partial charge in [0.25, 0.3) is 5.56 Å². The van der Waals surface area contributed by atoms with Crippen LogP contribution in [0.25, 0.3) is 16.7 Å². The lowest BCUT2D eigenvalue weighted by Crippen LogP contribution is -2.41. The summed E-state index contributed by atoms with van der Waals surface area (Å²) in [5.41, 5.74) is 0.582. The molecule has 8 heteroatoms. The Morgan fingerprint density at radius 3 is 2.68 bits per heavy atom. The van der Waals surface area contributed by atoms with E-state index in [0.717, 1.165) is 0 Å². The average molecular weight is 357 g/mol. The van der Waals surface area contributed by atoms with Crippen LogP contribution in [-0.2, 0) is 4.79 Å². The Labute approximate surface area is 148 Å². The molecule has 0 unspecified atom stereocenters. The monoisotopic (exact) mass is 357 g/mol. The van der Waals surface area contributed by atoms with Crippen LogP contribution in [0.15, 0.2) is 46.5 Å². The molecule has 0 bridgehead atoms. The molecule has 130 valence electrons. The highest BCUT2D eigenvalue weighted by molar-refractivity contribution is 7.99. The van der Waals surface area contributed by atoms with Crippen molar-refractivity contribution in [3.8, 4) is 5.69 Å². The number of thioether (sulfide) groups is 1. The molecular weight excluding hydrogens is 338 g/mol. The third-order valence-electron chi connectivity index (χ3n) is 3.31. The third kappa shape index (κ3) is 3.90. The van der Waals surface area contributed by atoms with Gasteiger partial charge in [-0.3, -0.25) is 19.3 Å². The van der Waals surface area contributed by atoms with E-state index in [2.05, 4.69) is 20.5 Å². The maximum Gasteiger partial charge on any atom is 0.269 e. The molecule has 7 nitrogen and oxygen atoms in total. The Morgan fingerprint density at radius 2 is 2.00 bits per heavy atom. The van der Waals surface area contributed by atoms with Crippen molar-refractivity contribution in [1.82, 2.24) is 25.1 Å². The summed E-state index contributed by atoms with van der Waals surface area (Å²) >= 11 is 1.22. The van der Waals surface area contributed by atoms with Crippen molar-refractivity contribution in [2.75, 3.05) is 5.75 Å². The second kappa shape index (κ2) is 6.72. The van der Waals surface area contributed by atoms with Gasteiger partial charge in [0, 0.05) is 5.54 Å². The first-order chi connectivity index (χ1) is 11.8. The number of H-pyrrole nitrogens is 1. The zero-order chi connectivity index (χ0) is 18.0. The number of benzene rings is 1. The van der Waals surface area contributed by atoms with Crippen LogP contribution in [0.4, 0.5) is 0 Å². The van der Waals surface area contributed by atoms with E-state index in [1.807, 2.05) is 51.1 Å². The van der Waals surface area contributed by atoms with Gasteiger partial charge in [-0.1, -0.05) is 30.0 Å². The van der Waals surface area contributed by atoms with E-state index in [-0.39, 0.29) is 22.8 Å². The highest BCUT2D eigenvalue weighted by atomic mass is 32.2. The van der Waals surface area contributed by atoms with Crippen LogP contribution in [0.3, 0.4) is 0 Å².